The van der Waals surface area contributed by atoms with E-state index in [1.165, 1.54) is 0 Å². The van der Waals surface area contributed by atoms with Crippen LogP contribution in [0.2, 0.25) is 0 Å². The van der Waals surface area contributed by atoms with E-state index in [-0.39, 0.29) is 48.0 Å². The summed E-state index contributed by atoms with van der Waals surface area (Å²) in [6, 6.07) is -0.539. The minimum absolute atomic E-state index is 0.00450. The highest BCUT2D eigenvalue weighted by molar-refractivity contribution is 5.89. The van der Waals surface area contributed by atoms with Crippen LogP contribution in [0.3, 0.4) is 0 Å². The van der Waals surface area contributed by atoms with Gasteiger partial charge in [-0.05, 0) is 55.9 Å². The minimum atomic E-state index is -3.12. The molecule has 10 heteroatoms. The van der Waals surface area contributed by atoms with Gasteiger partial charge in [0.25, 0.3) is 5.92 Å². The molecule has 4 aliphatic rings. The van der Waals surface area contributed by atoms with E-state index in [0.29, 0.717) is 13.0 Å². The number of piperidine rings is 1. The van der Waals surface area contributed by atoms with E-state index in [4.69, 9.17) is 4.42 Å². The zero-order valence-corrected chi connectivity index (χ0v) is 18.0. The van der Waals surface area contributed by atoms with Crippen molar-refractivity contribution in [3.8, 4) is 0 Å². The van der Waals surface area contributed by atoms with Crippen LogP contribution >= 0.6 is 0 Å². The number of rotatable bonds is 6. The van der Waals surface area contributed by atoms with Crippen molar-refractivity contribution in [3.63, 3.8) is 0 Å². The summed E-state index contributed by atoms with van der Waals surface area (Å²) >= 11 is 0. The lowest BCUT2D eigenvalue weighted by Gasteiger charge is -2.33. The molecule has 176 valence electrons. The van der Waals surface area contributed by atoms with E-state index in [1.807, 2.05) is 0 Å². The Kier molecular flexibility index (Phi) is 5.26. The molecule has 2 heterocycles. The summed E-state index contributed by atoms with van der Waals surface area (Å²) in [7, 11) is 0. The van der Waals surface area contributed by atoms with Crippen molar-refractivity contribution >= 4 is 11.8 Å². The number of oxazole rings is 1. The fourth-order valence-electron chi connectivity index (χ4n) is 6.50. The maximum Gasteiger partial charge on any atom is 0.290 e. The lowest BCUT2D eigenvalue weighted by molar-refractivity contribution is -0.138. The van der Waals surface area contributed by atoms with Crippen molar-refractivity contribution < 1.29 is 27.2 Å². The monoisotopic (exact) mass is 454 g/mol. The van der Waals surface area contributed by atoms with Crippen LogP contribution in [-0.4, -0.2) is 42.1 Å². The summed E-state index contributed by atoms with van der Waals surface area (Å²) < 4.78 is 46.1. The number of amides is 2. The van der Waals surface area contributed by atoms with Crippen molar-refractivity contribution in [1.82, 2.24) is 20.9 Å². The second kappa shape index (κ2) is 7.74. The lowest BCUT2D eigenvalue weighted by Crippen LogP contribution is -2.54. The molecule has 1 aromatic heterocycles. The molecule has 1 spiro atoms. The fraction of sp³-hybridized carbons (Fsp3) is 0.773. The molecular weight excluding hydrogens is 425 g/mol. The molecular formula is C22H29F3N4O3. The number of hydrogen-bond acceptors (Lipinski definition) is 5. The molecule has 5 rings (SSSR count). The van der Waals surface area contributed by atoms with Crippen LogP contribution in [0, 0.1) is 29.1 Å². The largest absolute Gasteiger partial charge is 0.447 e. The van der Waals surface area contributed by atoms with Crippen molar-refractivity contribution in [1.29, 1.82) is 0 Å². The Morgan fingerprint density at radius 1 is 1.22 bits per heavy atom. The number of halogens is 3. The number of carbonyl (C=O) groups excluding carboxylic acids is 2. The van der Waals surface area contributed by atoms with Gasteiger partial charge in [-0.15, -0.1) is 0 Å². The number of alkyl halides is 3. The van der Waals surface area contributed by atoms with Crippen LogP contribution in [0.15, 0.2) is 10.7 Å². The topological polar surface area (TPSA) is 96.3 Å². The van der Waals surface area contributed by atoms with Crippen molar-refractivity contribution in [2.24, 2.45) is 29.1 Å². The van der Waals surface area contributed by atoms with Gasteiger partial charge >= 0.3 is 0 Å². The van der Waals surface area contributed by atoms with Gasteiger partial charge in [0.2, 0.25) is 17.7 Å². The molecule has 32 heavy (non-hydrogen) atoms. The number of nitrogens with one attached hydrogen (secondary N) is 3. The maximum atomic E-state index is 14.3. The standard InChI is InChI=1S/C22H29F3N4O3/c1-21(24,25)15-10-32-16(29-15)9-27-19(30)17-11-2-3-12(22(11)5-6-22)18(17)20(31)28-14-4-7-26-8-13(14)23/h10-14,17-18,26H,2-9H2,1H3,(H,27,30)(H,28,31)/t11?,12?,13-,14-,17?,18?/m1/s1. The molecule has 2 amide bonds. The van der Waals surface area contributed by atoms with Gasteiger partial charge in [0.05, 0.1) is 24.4 Å². The van der Waals surface area contributed by atoms with Gasteiger partial charge in [0, 0.05) is 13.5 Å². The van der Waals surface area contributed by atoms with Crippen LogP contribution < -0.4 is 16.0 Å². The van der Waals surface area contributed by atoms with Crippen molar-refractivity contribution in [2.45, 2.75) is 63.7 Å². The zero-order valence-electron chi connectivity index (χ0n) is 18.0. The summed E-state index contributed by atoms with van der Waals surface area (Å²) in [5, 5.41) is 8.62. The number of nitrogens with zero attached hydrogens (tertiary/aromatic N) is 1. The van der Waals surface area contributed by atoms with Crippen LogP contribution in [0.25, 0.3) is 0 Å². The van der Waals surface area contributed by atoms with Crippen LogP contribution in [0.4, 0.5) is 13.2 Å². The molecule has 3 saturated carbocycles. The van der Waals surface area contributed by atoms with E-state index in [2.05, 4.69) is 20.9 Å². The molecule has 7 nitrogen and oxygen atoms in total. The smallest absolute Gasteiger partial charge is 0.290 e. The number of carbonyl (C=O) groups is 2. The first kappa shape index (κ1) is 21.7. The van der Waals surface area contributed by atoms with Gasteiger partial charge in [-0.2, -0.15) is 8.78 Å². The fourth-order valence-corrected chi connectivity index (χ4v) is 6.50. The molecule has 3 aliphatic carbocycles. The molecule has 3 N–H and O–H groups in total. The van der Waals surface area contributed by atoms with Gasteiger partial charge in [0.1, 0.15) is 18.1 Å². The van der Waals surface area contributed by atoms with Crippen molar-refractivity contribution in [3.05, 3.63) is 17.8 Å². The van der Waals surface area contributed by atoms with Gasteiger partial charge < -0.3 is 20.4 Å². The third-order valence-electron chi connectivity index (χ3n) is 8.10. The Morgan fingerprint density at radius 2 is 1.91 bits per heavy atom. The van der Waals surface area contributed by atoms with Crippen molar-refractivity contribution in [2.75, 3.05) is 13.1 Å². The highest BCUT2D eigenvalue weighted by Crippen LogP contribution is 2.74. The number of hydrogen-bond donors (Lipinski definition) is 3. The molecule has 6 atom stereocenters. The maximum absolute atomic E-state index is 14.3. The highest BCUT2D eigenvalue weighted by Gasteiger charge is 2.71. The summed E-state index contributed by atoms with van der Waals surface area (Å²) in [5.41, 5.74) is -0.438. The molecule has 0 radical (unpaired) electrons. The minimum Gasteiger partial charge on any atom is -0.447 e. The molecule has 4 fully saturated rings. The van der Waals surface area contributed by atoms with E-state index in [0.717, 1.165) is 38.9 Å². The molecule has 1 aromatic rings. The third kappa shape index (κ3) is 3.60. The van der Waals surface area contributed by atoms with Gasteiger partial charge in [0.15, 0.2) is 0 Å². The first-order chi connectivity index (χ1) is 15.2. The van der Waals surface area contributed by atoms with Crippen LogP contribution in [0.5, 0.6) is 0 Å². The highest BCUT2D eigenvalue weighted by atomic mass is 19.3. The van der Waals surface area contributed by atoms with E-state index in [1.54, 1.807) is 0 Å². The van der Waals surface area contributed by atoms with E-state index in [9.17, 15) is 22.8 Å². The van der Waals surface area contributed by atoms with Crippen LogP contribution in [0.1, 0.15) is 50.6 Å². The normalized spacial score (nSPS) is 35.1. The zero-order chi connectivity index (χ0) is 22.7. The summed E-state index contributed by atoms with van der Waals surface area (Å²) in [5.74, 6) is -4.38. The summed E-state index contributed by atoms with van der Waals surface area (Å²) in [4.78, 5) is 30.2. The molecule has 2 bridgehead atoms. The Morgan fingerprint density at radius 3 is 2.50 bits per heavy atom. The second-order valence-corrected chi connectivity index (χ2v) is 9.93. The Labute approximate surface area is 184 Å². The second-order valence-electron chi connectivity index (χ2n) is 9.93. The molecule has 1 aliphatic heterocycles. The average Bonchev–Trinajstić information content (AvgIpc) is 3.14. The number of aromatic nitrogens is 1. The van der Waals surface area contributed by atoms with Gasteiger partial charge in [-0.1, -0.05) is 0 Å². The van der Waals surface area contributed by atoms with E-state index >= 15 is 0 Å². The Hall–Kier alpha value is -2.10. The lowest BCUT2D eigenvalue weighted by atomic mass is 9.78. The quantitative estimate of drug-likeness (QED) is 0.613. The third-order valence-corrected chi connectivity index (χ3v) is 8.10. The predicted molar refractivity (Wildman–Crippen MR) is 107 cm³/mol. The van der Waals surface area contributed by atoms with E-state index < -0.39 is 35.7 Å². The van der Waals surface area contributed by atoms with Crippen LogP contribution in [-0.2, 0) is 22.1 Å². The SMILES string of the molecule is CC(F)(F)c1coc(CNC(=O)C2C(C(=O)N[C@@H]3CCNC[C@H]3F)C3CCC2C32CC2)n1. The van der Waals surface area contributed by atoms with Gasteiger partial charge in [-0.25, -0.2) is 9.37 Å². The molecule has 1 saturated heterocycles. The molecule has 4 unspecified atom stereocenters. The Bertz CT molecular complexity index is 897. The summed E-state index contributed by atoms with van der Waals surface area (Å²) in [6.07, 6.45) is 4.10. The predicted octanol–water partition coefficient (Wildman–Crippen LogP) is 2.27. The van der Waals surface area contributed by atoms with Gasteiger partial charge in [-0.3, -0.25) is 9.59 Å². The summed E-state index contributed by atoms with van der Waals surface area (Å²) in [6.45, 7) is 1.46. The first-order valence-corrected chi connectivity index (χ1v) is 11.5. The first-order valence-electron chi connectivity index (χ1n) is 11.5. The molecule has 0 aromatic carbocycles. The average molecular weight is 454 g/mol. The Balaban J connectivity index is 1.29.